The van der Waals surface area contributed by atoms with Crippen molar-refractivity contribution in [1.29, 1.82) is 0 Å². The van der Waals surface area contributed by atoms with Gasteiger partial charge in [-0.15, -0.1) is 0 Å². The van der Waals surface area contributed by atoms with E-state index in [0.717, 1.165) is 11.1 Å². The Balaban J connectivity index is 2.03. The molecular weight excluding hydrogens is 300 g/mol. The molecule has 0 radical (unpaired) electrons. The molecule has 0 N–H and O–H groups in total. The zero-order valence-corrected chi connectivity index (χ0v) is 13.8. The predicted molar refractivity (Wildman–Crippen MR) is 97.5 cm³/mol. The van der Waals surface area contributed by atoms with Crippen molar-refractivity contribution >= 4 is 17.3 Å². The van der Waals surface area contributed by atoms with Gasteiger partial charge in [-0.05, 0) is 29.3 Å². The molecule has 0 heterocycles. The first-order valence-corrected chi connectivity index (χ1v) is 8.31. The van der Waals surface area contributed by atoms with Crippen LogP contribution in [0.15, 0.2) is 101 Å². The topological polar surface area (TPSA) is 9.23 Å². The highest BCUT2D eigenvalue weighted by Gasteiger charge is 2.11. The molecule has 3 aromatic rings. The van der Waals surface area contributed by atoms with Gasteiger partial charge >= 0.3 is 0 Å². The van der Waals surface area contributed by atoms with Crippen molar-refractivity contribution in [3.8, 4) is 0 Å². The molecule has 23 heavy (non-hydrogen) atoms. The van der Waals surface area contributed by atoms with Gasteiger partial charge in [0.25, 0.3) is 0 Å². The highest BCUT2D eigenvalue weighted by Crippen LogP contribution is 2.35. The monoisotopic (exact) mass is 318 g/mol. The largest absolute Gasteiger partial charge is 0.504 e. The smallest absolute Gasteiger partial charge is 0.0909 e. The maximum atomic E-state index is 5.35. The lowest BCUT2D eigenvalue weighted by Crippen LogP contribution is -1.92. The van der Waals surface area contributed by atoms with Crippen LogP contribution in [0, 0.1) is 0 Å². The summed E-state index contributed by atoms with van der Waals surface area (Å²) in [5.41, 5.74) is 3.41. The molecule has 0 fully saturated rings. The van der Waals surface area contributed by atoms with Gasteiger partial charge in [0.15, 0.2) is 0 Å². The number of benzene rings is 3. The fourth-order valence-corrected chi connectivity index (χ4v) is 3.40. The fourth-order valence-electron chi connectivity index (χ4n) is 2.42. The lowest BCUT2D eigenvalue weighted by Gasteiger charge is -2.13. The van der Waals surface area contributed by atoms with Crippen LogP contribution in [-0.2, 0) is 4.74 Å². The Hall–Kier alpha value is -2.45. The Morgan fingerprint density at radius 1 is 0.783 bits per heavy atom. The van der Waals surface area contributed by atoms with Crippen LogP contribution in [-0.4, -0.2) is 7.11 Å². The Morgan fingerprint density at radius 2 is 1.39 bits per heavy atom. The third-order valence-electron chi connectivity index (χ3n) is 3.47. The van der Waals surface area contributed by atoms with Crippen LogP contribution < -0.4 is 0 Å². The third kappa shape index (κ3) is 3.85. The zero-order valence-electron chi connectivity index (χ0n) is 13.0. The van der Waals surface area contributed by atoms with Crippen LogP contribution in [0.5, 0.6) is 0 Å². The molecule has 114 valence electrons. The lowest BCUT2D eigenvalue weighted by atomic mass is 9.99. The first-order chi connectivity index (χ1) is 11.4. The summed E-state index contributed by atoms with van der Waals surface area (Å²) in [6.07, 6.45) is 1.82. The molecule has 0 saturated carbocycles. The van der Waals surface area contributed by atoms with Crippen LogP contribution in [0.1, 0.15) is 11.1 Å². The highest BCUT2D eigenvalue weighted by atomic mass is 32.2. The average Bonchev–Trinajstić information content (AvgIpc) is 2.62. The van der Waals surface area contributed by atoms with E-state index in [9.17, 15) is 0 Å². The number of methoxy groups -OCH3 is 1. The lowest BCUT2D eigenvalue weighted by molar-refractivity contribution is 0.340. The zero-order chi connectivity index (χ0) is 15.9. The molecule has 0 aromatic heterocycles. The summed E-state index contributed by atoms with van der Waals surface area (Å²) in [5, 5.41) is 0. The van der Waals surface area contributed by atoms with E-state index in [1.165, 1.54) is 15.4 Å². The molecule has 0 aliphatic carbocycles. The van der Waals surface area contributed by atoms with E-state index in [4.69, 9.17) is 4.74 Å². The van der Waals surface area contributed by atoms with E-state index < -0.39 is 0 Å². The molecule has 0 aliphatic rings. The summed E-state index contributed by atoms with van der Waals surface area (Å²) in [5.74, 6) is 0. The fraction of sp³-hybridized carbons (Fsp3) is 0.0476. The van der Waals surface area contributed by atoms with Crippen molar-refractivity contribution in [3.05, 3.63) is 102 Å². The summed E-state index contributed by atoms with van der Waals surface area (Å²) < 4.78 is 5.35. The molecule has 3 aromatic carbocycles. The second-order valence-electron chi connectivity index (χ2n) is 5.04. The van der Waals surface area contributed by atoms with Gasteiger partial charge in [0.2, 0.25) is 0 Å². The number of hydrogen-bond acceptors (Lipinski definition) is 2. The number of rotatable bonds is 5. The molecule has 3 rings (SSSR count). The van der Waals surface area contributed by atoms with Gasteiger partial charge in [0, 0.05) is 15.4 Å². The van der Waals surface area contributed by atoms with Gasteiger partial charge in [-0.2, -0.15) is 0 Å². The van der Waals surface area contributed by atoms with Crippen LogP contribution in [0.3, 0.4) is 0 Å². The number of ether oxygens (including phenoxy) is 1. The van der Waals surface area contributed by atoms with Crippen molar-refractivity contribution in [2.75, 3.05) is 7.11 Å². The molecule has 0 spiro atoms. The van der Waals surface area contributed by atoms with Gasteiger partial charge in [-0.3, -0.25) is 0 Å². The van der Waals surface area contributed by atoms with Crippen LogP contribution in [0.2, 0.25) is 0 Å². The molecule has 0 unspecified atom stereocenters. The maximum Gasteiger partial charge on any atom is 0.0909 e. The SMILES string of the molecule is CO/C=C(/c1ccccc1)c1ccccc1Sc1ccccc1. The van der Waals surface area contributed by atoms with Gasteiger partial charge in [-0.1, -0.05) is 78.5 Å². The van der Waals surface area contributed by atoms with E-state index >= 15 is 0 Å². The van der Waals surface area contributed by atoms with E-state index in [2.05, 4.69) is 60.7 Å². The molecule has 0 amide bonds. The first kappa shape index (κ1) is 15.4. The first-order valence-electron chi connectivity index (χ1n) is 7.49. The van der Waals surface area contributed by atoms with Gasteiger partial charge in [0.1, 0.15) is 0 Å². The van der Waals surface area contributed by atoms with Gasteiger partial charge in [-0.25, -0.2) is 0 Å². The van der Waals surface area contributed by atoms with Crippen molar-refractivity contribution in [3.63, 3.8) is 0 Å². The van der Waals surface area contributed by atoms with Crippen molar-refractivity contribution in [2.24, 2.45) is 0 Å². The van der Waals surface area contributed by atoms with Gasteiger partial charge < -0.3 is 4.74 Å². The van der Waals surface area contributed by atoms with Gasteiger partial charge in [0.05, 0.1) is 13.4 Å². The van der Waals surface area contributed by atoms with E-state index in [0.29, 0.717) is 0 Å². The number of hydrogen-bond donors (Lipinski definition) is 0. The van der Waals surface area contributed by atoms with Crippen LogP contribution >= 0.6 is 11.8 Å². The standard InChI is InChI=1S/C21H18OS/c1-22-16-20(17-10-4-2-5-11-17)19-14-8-9-15-21(19)23-18-12-6-3-7-13-18/h2-16H,1H3/b20-16-. The third-order valence-corrected chi connectivity index (χ3v) is 4.55. The highest BCUT2D eigenvalue weighted by molar-refractivity contribution is 7.99. The Bertz CT molecular complexity index is 779. The quantitative estimate of drug-likeness (QED) is 0.544. The molecule has 0 atom stereocenters. The minimum Gasteiger partial charge on any atom is -0.504 e. The predicted octanol–water partition coefficient (Wildman–Crippen LogP) is 5.87. The summed E-state index contributed by atoms with van der Waals surface area (Å²) in [7, 11) is 1.69. The molecule has 0 bridgehead atoms. The summed E-state index contributed by atoms with van der Waals surface area (Å²) >= 11 is 1.77. The second kappa shape index (κ2) is 7.70. The summed E-state index contributed by atoms with van der Waals surface area (Å²) in [6.45, 7) is 0. The molecule has 0 aliphatic heterocycles. The average molecular weight is 318 g/mol. The maximum absolute atomic E-state index is 5.35. The summed E-state index contributed by atoms with van der Waals surface area (Å²) in [4.78, 5) is 2.44. The Morgan fingerprint density at radius 3 is 2.09 bits per heavy atom. The molecule has 2 heteroatoms. The van der Waals surface area contributed by atoms with Crippen molar-refractivity contribution < 1.29 is 4.74 Å². The molecular formula is C21H18OS. The molecule has 0 saturated heterocycles. The molecule has 1 nitrogen and oxygen atoms in total. The minimum absolute atomic E-state index is 1.09. The Kier molecular flexibility index (Phi) is 5.17. The van der Waals surface area contributed by atoms with E-state index in [1.807, 2.05) is 30.5 Å². The minimum atomic E-state index is 1.09. The second-order valence-corrected chi connectivity index (χ2v) is 6.16. The summed E-state index contributed by atoms with van der Waals surface area (Å²) in [6, 6.07) is 29.2. The van der Waals surface area contributed by atoms with Crippen molar-refractivity contribution in [2.45, 2.75) is 9.79 Å². The van der Waals surface area contributed by atoms with Crippen LogP contribution in [0.4, 0.5) is 0 Å². The van der Waals surface area contributed by atoms with Crippen LogP contribution in [0.25, 0.3) is 5.57 Å². The van der Waals surface area contributed by atoms with E-state index in [-0.39, 0.29) is 0 Å². The normalized spacial score (nSPS) is 11.3. The van der Waals surface area contributed by atoms with E-state index in [1.54, 1.807) is 18.9 Å². The Labute approximate surface area is 141 Å². The van der Waals surface area contributed by atoms with Crippen molar-refractivity contribution in [1.82, 2.24) is 0 Å².